The number of benzene rings is 2. The molecular formula is C26H25N3O5S. The van der Waals surface area contributed by atoms with E-state index in [1.165, 1.54) is 28.7 Å². The van der Waals surface area contributed by atoms with Gasteiger partial charge in [-0.15, -0.1) is 11.3 Å². The normalized spacial score (nSPS) is 16.6. The van der Waals surface area contributed by atoms with Crippen molar-refractivity contribution in [3.05, 3.63) is 75.7 Å². The molecule has 9 heteroatoms. The smallest absolute Gasteiger partial charge is 0.407 e. The highest BCUT2D eigenvalue weighted by atomic mass is 32.1. The maximum Gasteiger partial charge on any atom is 0.407 e. The predicted molar refractivity (Wildman–Crippen MR) is 130 cm³/mol. The highest BCUT2D eigenvalue weighted by Crippen LogP contribution is 2.44. The Balaban J connectivity index is 1.13. The van der Waals surface area contributed by atoms with Gasteiger partial charge in [-0.1, -0.05) is 48.5 Å². The first-order valence-electron chi connectivity index (χ1n) is 11.5. The highest BCUT2D eigenvalue weighted by molar-refractivity contribution is 7.13. The summed E-state index contributed by atoms with van der Waals surface area (Å²) >= 11 is 1.22. The third-order valence-electron chi connectivity index (χ3n) is 6.53. The molecule has 1 unspecified atom stereocenters. The molecule has 2 heterocycles. The minimum Gasteiger partial charge on any atom is -0.481 e. The Morgan fingerprint density at radius 3 is 2.46 bits per heavy atom. The van der Waals surface area contributed by atoms with E-state index in [-0.39, 0.29) is 37.3 Å². The van der Waals surface area contributed by atoms with Crippen LogP contribution in [0, 0.1) is 5.92 Å². The summed E-state index contributed by atoms with van der Waals surface area (Å²) in [6.45, 7) is 1.38. The van der Waals surface area contributed by atoms with Crippen LogP contribution in [0.15, 0.2) is 54.7 Å². The van der Waals surface area contributed by atoms with Crippen LogP contribution in [0.2, 0.25) is 0 Å². The number of amides is 2. The molecule has 2 aliphatic rings. The van der Waals surface area contributed by atoms with Gasteiger partial charge in [0.15, 0.2) is 0 Å². The molecule has 0 saturated carbocycles. The molecule has 0 radical (unpaired) electrons. The van der Waals surface area contributed by atoms with Crippen molar-refractivity contribution < 1.29 is 24.2 Å². The van der Waals surface area contributed by atoms with Crippen molar-refractivity contribution in [2.75, 3.05) is 19.7 Å². The number of aliphatic carboxylic acids is 1. The summed E-state index contributed by atoms with van der Waals surface area (Å²) < 4.78 is 5.54. The Morgan fingerprint density at radius 2 is 1.77 bits per heavy atom. The average Bonchev–Trinajstić information content (AvgIpc) is 3.59. The van der Waals surface area contributed by atoms with Crippen molar-refractivity contribution in [1.29, 1.82) is 0 Å². The monoisotopic (exact) mass is 491 g/mol. The van der Waals surface area contributed by atoms with Crippen LogP contribution in [0.5, 0.6) is 0 Å². The summed E-state index contributed by atoms with van der Waals surface area (Å²) in [4.78, 5) is 42.4. The number of carbonyl (C=O) groups excluding carboxylic acids is 2. The number of nitrogens with zero attached hydrogens (tertiary/aromatic N) is 2. The van der Waals surface area contributed by atoms with Gasteiger partial charge in [-0.25, -0.2) is 9.78 Å². The number of alkyl carbamates (subject to hydrolysis) is 1. The first-order valence-corrected chi connectivity index (χ1v) is 12.4. The molecule has 0 spiro atoms. The number of aromatic nitrogens is 1. The fourth-order valence-electron chi connectivity index (χ4n) is 4.87. The topological polar surface area (TPSA) is 109 Å². The highest BCUT2D eigenvalue weighted by Gasteiger charge is 2.30. The Labute approximate surface area is 206 Å². The van der Waals surface area contributed by atoms with Crippen LogP contribution in [0.3, 0.4) is 0 Å². The number of hydrogen-bond donors (Lipinski definition) is 2. The van der Waals surface area contributed by atoms with E-state index < -0.39 is 12.1 Å². The van der Waals surface area contributed by atoms with Gasteiger partial charge in [-0.3, -0.25) is 9.59 Å². The minimum absolute atomic E-state index is 0.0114. The molecular weight excluding hydrogens is 466 g/mol. The molecule has 1 aromatic heterocycles. The molecule has 3 aromatic rings. The van der Waals surface area contributed by atoms with Gasteiger partial charge in [-0.2, -0.15) is 0 Å². The van der Waals surface area contributed by atoms with E-state index in [1.54, 1.807) is 4.90 Å². The van der Waals surface area contributed by atoms with E-state index in [2.05, 4.69) is 34.6 Å². The van der Waals surface area contributed by atoms with Crippen LogP contribution < -0.4 is 5.32 Å². The lowest BCUT2D eigenvalue weighted by molar-refractivity contribution is -0.138. The van der Waals surface area contributed by atoms with Crippen LogP contribution in [0.1, 0.15) is 44.6 Å². The van der Waals surface area contributed by atoms with E-state index in [9.17, 15) is 14.4 Å². The van der Waals surface area contributed by atoms with E-state index in [1.807, 2.05) is 24.3 Å². The van der Waals surface area contributed by atoms with Gasteiger partial charge in [0.2, 0.25) is 0 Å². The van der Waals surface area contributed by atoms with Crippen LogP contribution in [0.4, 0.5) is 4.79 Å². The first-order chi connectivity index (χ1) is 17.0. The third-order valence-corrected chi connectivity index (χ3v) is 7.51. The van der Waals surface area contributed by atoms with Crippen LogP contribution in [-0.2, 0) is 16.1 Å². The van der Waals surface area contributed by atoms with E-state index in [4.69, 9.17) is 9.84 Å². The van der Waals surface area contributed by atoms with Crippen molar-refractivity contribution in [3.63, 3.8) is 0 Å². The molecule has 5 rings (SSSR count). The summed E-state index contributed by atoms with van der Waals surface area (Å²) in [6, 6.07) is 16.3. The van der Waals surface area contributed by atoms with Gasteiger partial charge in [0, 0.05) is 25.4 Å². The molecule has 1 aliphatic carbocycles. The van der Waals surface area contributed by atoms with Gasteiger partial charge in [-0.05, 0) is 34.6 Å². The summed E-state index contributed by atoms with van der Waals surface area (Å²) in [5.41, 5.74) is 4.64. The van der Waals surface area contributed by atoms with E-state index in [0.29, 0.717) is 29.4 Å². The van der Waals surface area contributed by atoms with Gasteiger partial charge in [0.25, 0.3) is 5.91 Å². The molecule has 8 nitrogen and oxygen atoms in total. The predicted octanol–water partition coefficient (Wildman–Crippen LogP) is 4.12. The molecule has 2 amide bonds. The quantitative estimate of drug-likeness (QED) is 0.515. The number of nitrogens with one attached hydrogen (secondary N) is 1. The molecule has 0 bridgehead atoms. The zero-order valence-corrected chi connectivity index (χ0v) is 19.8. The summed E-state index contributed by atoms with van der Waals surface area (Å²) in [5.74, 6) is -1.02. The van der Waals surface area contributed by atoms with Crippen molar-refractivity contribution in [1.82, 2.24) is 15.2 Å². The standard InChI is InChI=1S/C26H25N3O5S/c30-24(31)11-16-9-10-29(14-16)25(32)22-12-27-23(35-22)13-28-26(33)34-15-21-19-7-3-1-5-17(19)18-6-2-4-8-20(18)21/h1-8,12,16,21H,9-11,13-15H2,(H,28,33)(H,30,31). The van der Waals surface area contributed by atoms with Crippen molar-refractivity contribution >= 4 is 29.3 Å². The molecule has 2 N–H and O–H groups in total. The van der Waals surface area contributed by atoms with Crippen molar-refractivity contribution in [2.45, 2.75) is 25.3 Å². The fraction of sp³-hybridized carbons (Fsp3) is 0.308. The van der Waals surface area contributed by atoms with Crippen LogP contribution >= 0.6 is 11.3 Å². The second kappa shape index (κ2) is 9.87. The summed E-state index contributed by atoms with van der Waals surface area (Å²) in [7, 11) is 0. The number of rotatable bonds is 7. The average molecular weight is 492 g/mol. The number of carbonyl (C=O) groups is 3. The maximum atomic E-state index is 12.7. The zero-order valence-electron chi connectivity index (χ0n) is 19.0. The fourth-order valence-corrected chi connectivity index (χ4v) is 5.70. The van der Waals surface area contributed by atoms with Crippen LogP contribution in [0.25, 0.3) is 11.1 Å². The van der Waals surface area contributed by atoms with E-state index >= 15 is 0 Å². The van der Waals surface area contributed by atoms with Gasteiger partial charge < -0.3 is 20.1 Å². The molecule has 1 atom stereocenters. The Hall–Kier alpha value is -3.72. The molecule has 180 valence electrons. The second-order valence-electron chi connectivity index (χ2n) is 8.80. The Bertz CT molecular complexity index is 1230. The molecule has 1 fully saturated rings. The Kier molecular flexibility index (Phi) is 6.50. The number of carboxylic acid groups (broad SMARTS) is 1. The lowest BCUT2D eigenvalue weighted by Crippen LogP contribution is -2.28. The lowest BCUT2D eigenvalue weighted by atomic mass is 9.98. The number of likely N-dealkylation sites (tertiary alicyclic amines) is 1. The van der Waals surface area contributed by atoms with E-state index in [0.717, 1.165) is 11.1 Å². The summed E-state index contributed by atoms with van der Waals surface area (Å²) in [6.07, 6.45) is 1.73. The largest absolute Gasteiger partial charge is 0.481 e. The zero-order chi connectivity index (χ0) is 24.4. The molecule has 1 aliphatic heterocycles. The van der Waals surface area contributed by atoms with Gasteiger partial charge >= 0.3 is 12.1 Å². The number of ether oxygens (including phenoxy) is 1. The summed E-state index contributed by atoms with van der Waals surface area (Å²) in [5, 5.41) is 12.3. The number of carboxylic acids is 1. The minimum atomic E-state index is -0.844. The Morgan fingerprint density at radius 1 is 1.09 bits per heavy atom. The second-order valence-corrected chi connectivity index (χ2v) is 9.92. The van der Waals surface area contributed by atoms with Crippen molar-refractivity contribution in [3.8, 4) is 11.1 Å². The number of fused-ring (bicyclic) bond motifs is 3. The lowest BCUT2D eigenvalue weighted by Gasteiger charge is -2.14. The number of thiazole rings is 1. The number of hydrogen-bond acceptors (Lipinski definition) is 6. The first kappa shape index (κ1) is 23.0. The van der Waals surface area contributed by atoms with Gasteiger partial charge in [0.05, 0.1) is 12.7 Å². The molecule has 2 aromatic carbocycles. The maximum absolute atomic E-state index is 12.7. The van der Waals surface area contributed by atoms with Crippen LogP contribution in [-0.4, -0.2) is 52.7 Å². The molecule has 1 saturated heterocycles. The third kappa shape index (κ3) is 4.90. The molecule has 35 heavy (non-hydrogen) atoms. The van der Waals surface area contributed by atoms with Crippen molar-refractivity contribution in [2.24, 2.45) is 5.92 Å². The van der Waals surface area contributed by atoms with Gasteiger partial charge in [0.1, 0.15) is 16.5 Å². The SMILES string of the molecule is O=C(O)CC1CCN(C(=O)c2cnc(CNC(=O)OCC3c4ccccc4-c4ccccc43)s2)C1.